The molecule has 1 unspecified atom stereocenters. The average molecular weight is 209 g/mol. The molecule has 0 aliphatic carbocycles. The fourth-order valence-electron chi connectivity index (χ4n) is 1.85. The number of hydrogen-bond acceptors (Lipinski definition) is 3. The number of rotatable bonds is 1. The van der Waals surface area contributed by atoms with Crippen LogP contribution in [0, 0.1) is 0 Å². The zero-order valence-corrected chi connectivity index (χ0v) is 8.25. The smallest absolute Gasteiger partial charge is 0.326 e. The first-order valence-electron chi connectivity index (χ1n) is 4.65. The first kappa shape index (κ1) is 9.70. The molecule has 0 bridgehead atoms. The van der Waals surface area contributed by atoms with Crippen LogP contribution in [0.4, 0.5) is 5.82 Å². The van der Waals surface area contributed by atoms with E-state index >= 15 is 0 Å². The Bertz CT molecular complexity index is 412. The Labute approximate surface area is 86.1 Å². The van der Waals surface area contributed by atoms with Crippen LogP contribution in [-0.2, 0) is 16.1 Å². The van der Waals surface area contributed by atoms with Gasteiger partial charge in [0.1, 0.15) is 11.9 Å². The number of carboxylic acid groups (broad SMARTS) is 1. The van der Waals surface area contributed by atoms with Crippen molar-refractivity contribution in [1.82, 2.24) is 9.78 Å². The summed E-state index contributed by atoms with van der Waals surface area (Å²) in [6, 6.07) is 0.878. The zero-order chi connectivity index (χ0) is 11.0. The van der Waals surface area contributed by atoms with Crippen LogP contribution in [-0.4, -0.2) is 32.8 Å². The third kappa shape index (κ3) is 1.47. The van der Waals surface area contributed by atoms with Crippen LogP contribution in [0.5, 0.6) is 0 Å². The lowest BCUT2D eigenvalue weighted by Gasteiger charge is -2.32. The molecule has 0 saturated carbocycles. The van der Waals surface area contributed by atoms with Gasteiger partial charge in [0, 0.05) is 19.5 Å². The van der Waals surface area contributed by atoms with Crippen molar-refractivity contribution in [2.75, 3.05) is 4.90 Å². The average Bonchev–Trinajstić information content (AvgIpc) is 2.62. The minimum atomic E-state index is -0.974. The van der Waals surface area contributed by atoms with Crippen LogP contribution < -0.4 is 4.90 Å². The summed E-state index contributed by atoms with van der Waals surface area (Å²) in [6.07, 6.45) is 1.96. The lowest BCUT2D eigenvalue weighted by molar-refractivity contribution is -0.140. The Hall–Kier alpha value is -1.85. The van der Waals surface area contributed by atoms with Crippen molar-refractivity contribution in [2.24, 2.45) is 0 Å². The Morgan fingerprint density at radius 1 is 1.60 bits per heavy atom. The highest BCUT2D eigenvalue weighted by Crippen LogP contribution is 2.24. The van der Waals surface area contributed by atoms with Crippen molar-refractivity contribution >= 4 is 17.7 Å². The number of aliphatic carboxylic acids is 1. The van der Waals surface area contributed by atoms with Gasteiger partial charge in [0.25, 0.3) is 0 Å². The highest BCUT2D eigenvalue weighted by atomic mass is 16.4. The minimum absolute atomic E-state index is 0.274. The lowest BCUT2D eigenvalue weighted by atomic mass is 10.1. The van der Waals surface area contributed by atoms with E-state index in [1.54, 1.807) is 16.9 Å². The second kappa shape index (κ2) is 3.38. The van der Waals surface area contributed by atoms with Gasteiger partial charge in [-0.05, 0) is 6.42 Å². The molecule has 6 nitrogen and oxygen atoms in total. The molecule has 6 heteroatoms. The number of aromatic nitrogens is 2. The molecule has 1 amide bonds. The molecular weight excluding hydrogens is 198 g/mol. The number of aryl methyl sites for hydroxylation is 1. The molecule has 1 aliphatic heterocycles. The Morgan fingerprint density at radius 2 is 2.33 bits per heavy atom. The van der Waals surface area contributed by atoms with Gasteiger partial charge in [-0.2, -0.15) is 5.10 Å². The summed E-state index contributed by atoms with van der Waals surface area (Å²) in [6.45, 7) is 1.89. The van der Waals surface area contributed by atoms with Crippen LogP contribution in [0.15, 0.2) is 12.3 Å². The fraction of sp³-hybridized carbons (Fsp3) is 0.444. The molecule has 0 spiro atoms. The molecule has 0 aromatic carbocycles. The summed E-state index contributed by atoms with van der Waals surface area (Å²) in [7, 11) is 0. The number of fused-ring (bicyclic) bond motifs is 1. The lowest BCUT2D eigenvalue weighted by Crippen LogP contribution is -2.48. The van der Waals surface area contributed by atoms with Crippen molar-refractivity contribution in [1.29, 1.82) is 0 Å². The quantitative estimate of drug-likeness (QED) is 0.711. The summed E-state index contributed by atoms with van der Waals surface area (Å²) in [5, 5.41) is 13.0. The van der Waals surface area contributed by atoms with E-state index in [4.69, 9.17) is 5.11 Å². The van der Waals surface area contributed by atoms with Crippen molar-refractivity contribution in [3.8, 4) is 0 Å². The van der Waals surface area contributed by atoms with Crippen LogP contribution in [0.2, 0.25) is 0 Å². The second-order valence-electron chi connectivity index (χ2n) is 3.44. The molecule has 15 heavy (non-hydrogen) atoms. The predicted molar refractivity (Wildman–Crippen MR) is 51.4 cm³/mol. The number of nitrogens with zero attached hydrogens (tertiary/aromatic N) is 3. The largest absolute Gasteiger partial charge is 0.480 e. The fourth-order valence-corrected chi connectivity index (χ4v) is 1.85. The zero-order valence-electron chi connectivity index (χ0n) is 8.25. The molecule has 1 aliphatic rings. The van der Waals surface area contributed by atoms with E-state index in [2.05, 4.69) is 5.10 Å². The maximum atomic E-state index is 11.4. The van der Waals surface area contributed by atoms with E-state index in [0.717, 1.165) is 0 Å². The summed E-state index contributed by atoms with van der Waals surface area (Å²) < 4.78 is 1.64. The second-order valence-corrected chi connectivity index (χ2v) is 3.44. The first-order chi connectivity index (χ1) is 7.11. The molecule has 0 fully saturated rings. The third-order valence-electron chi connectivity index (χ3n) is 2.49. The number of hydrogen-bond donors (Lipinski definition) is 1. The van der Waals surface area contributed by atoms with Crippen molar-refractivity contribution in [2.45, 2.75) is 25.9 Å². The Kier molecular flexibility index (Phi) is 2.18. The molecule has 2 rings (SSSR count). The van der Waals surface area contributed by atoms with Gasteiger partial charge in [0.05, 0.1) is 6.20 Å². The molecular formula is C9H11N3O3. The van der Waals surface area contributed by atoms with Crippen LogP contribution in [0.3, 0.4) is 0 Å². The molecule has 2 heterocycles. The SMILES string of the molecule is CC(=O)N1c2ccnn2CCC1C(=O)O. The maximum Gasteiger partial charge on any atom is 0.326 e. The highest BCUT2D eigenvalue weighted by Gasteiger charge is 2.34. The van der Waals surface area contributed by atoms with E-state index in [1.807, 2.05) is 0 Å². The number of anilines is 1. The standard InChI is InChI=1S/C9H11N3O3/c1-6(13)12-7(9(14)15)3-5-11-8(12)2-4-10-11/h2,4,7H,3,5H2,1H3,(H,14,15). The van der Waals surface area contributed by atoms with Gasteiger partial charge in [0.15, 0.2) is 0 Å². The van der Waals surface area contributed by atoms with E-state index in [1.165, 1.54) is 11.8 Å². The molecule has 1 N–H and O–H groups in total. The van der Waals surface area contributed by atoms with Gasteiger partial charge in [-0.3, -0.25) is 9.69 Å². The van der Waals surface area contributed by atoms with E-state index in [9.17, 15) is 9.59 Å². The molecule has 1 aromatic heterocycles. The number of amides is 1. The first-order valence-corrected chi connectivity index (χ1v) is 4.65. The summed E-state index contributed by atoms with van der Waals surface area (Å²) in [5.74, 6) is -0.692. The van der Waals surface area contributed by atoms with Crippen molar-refractivity contribution < 1.29 is 14.7 Å². The summed E-state index contributed by atoms with van der Waals surface area (Å²) >= 11 is 0. The van der Waals surface area contributed by atoms with E-state index in [-0.39, 0.29) is 5.91 Å². The summed E-state index contributed by atoms with van der Waals surface area (Å²) in [5.41, 5.74) is 0. The molecule has 0 saturated heterocycles. The van der Waals surface area contributed by atoms with Gasteiger partial charge in [-0.25, -0.2) is 9.48 Å². The third-order valence-corrected chi connectivity index (χ3v) is 2.49. The minimum Gasteiger partial charge on any atom is -0.480 e. The van der Waals surface area contributed by atoms with Crippen LogP contribution >= 0.6 is 0 Å². The highest BCUT2D eigenvalue weighted by molar-refractivity contribution is 5.97. The summed E-state index contributed by atoms with van der Waals surface area (Å²) in [4.78, 5) is 23.6. The Balaban J connectivity index is 2.43. The van der Waals surface area contributed by atoms with Crippen LogP contribution in [0.1, 0.15) is 13.3 Å². The van der Waals surface area contributed by atoms with Gasteiger partial charge in [0.2, 0.25) is 5.91 Å². The van der Waals surface area contributed by atoms with Gasteiger partial charge >= 0.3 is 5.97 Å². The van der Waals surface area contributed by atoms with Gasteiger partial charge in [-0.15, -0.1) is 0 Å². The number of carbonyl (C=O) groups excluding carboxylic acids is 1. The van der Waals surface area contributed by atoms with E-state index < -0.39 is 12.0 Å². The molecule has 0 radical (unpaired) electrons. The monoisotopic (exact) mass is 209 g/mol. The molecule has 80 valence electrons. The maximum absolute atomic E-state index is 11.4. The predicted octanol–water partition coefficient (Wildman–Crippen LogP) is 0.0929. The molecule has 1 atom stereocenters. The van der Waals surface area contributed by atoms with Gasteiger partial charge in [-0.1, -0.05) is 0 Å². The van der Waals surface area contributed by atoms with Crippen LogP contribution in [0.25, 0.3) is 0 Å². The van der Waals surface area contributed by atoms with Crippen molar-refractivity contribution in [3.63, 3.8) is 0 Å². The number of carboxylic acids is 1. The number of carbonyl (C=O) groups is 2. The normalized spacial score (nSPS) is 19.8. The van der Waals surface area contributed by atoms with Crippen molar-refractivity contribution in [3.05, 3.63) is 12.3 Å². The molecule has 1 aromatic rings. The van der Waals surface area contributed by atoms with E-state index in [0.29, 0.717) is 18.8 Å². The topological polar surface area (TPSA) is 75.4 Å². The van der Waals surface area contributed by atoms with Gasteiger partial charge < -0.3 is 5.11 Å². The Morgan fingerprint density at radius 3 is 2.93 bits per heavy atom.